The highest BCUT2D eigenvalue weighted by Gasteiger charge is 2.30. The number of nitrogens with zero attached hydrogens (tertiary/aromatic N) is 2. The number of anilines is 1. The van der Waals surface area contributed by atoms with Crippen molar-refractivity contribution in [1.29, 1.82) is 0 Å². The van der Waals surface area contributed by atoms with Crippen LogP contribution in [0.5, 0.6) is 0 Å². The van der Waals surface area contributed by atoms with Gasteiger partial charge in [-0.3, -0.25) is 9.48 Å². The molecule has 0 unspecified atom stereocenters. The van der Waals surface area contributed by atoms with E-state index in [0.717, 1.165) is 0 Å². The Morgan fingerprint density at radius 1 is 1.36 bits per heavy atom. The first-order valence-corrected chi connectivity index (χ1v) is 6.58. The number of carbonyl (C=O) groups is 2. The molecule has 0 fully saturated rings. The molecule has 0 spiro atoms. The van der Waals surface area contributed by atoms with Crippen LogP contribution in [0.1, 0.15) is 29.8 Å². The van der Waals surface area contributed by atoms with Crippen LogP contribution in [0.25, 0.3) is 0 Å². The van der Waals surface area contributed by atoms with Gasteiger partial charge in [0.25, 0.3) is 5.91 Å². The molecule has 0 aliphatic heterocycles. The van der Waals surface area contributed by atoms with Crippen LogP contribution in [0.3, 0.4) is 0 Å². The molecule has 22 heavy (non-hydrogen) atoms. The maximum absolute atomic E-state index is 13.5. The fourth-order valence-corrected chi connectivity index (χ4v) is 1.84. The molecule has 116 valence electrons. The Labute approximate surface area is 126 Å². The number of carboxylic acids is 1. The summed E-state index contributed by atoms with van der Waals surface area (Å²) in [5, 5.41) is 15.7. The number of halogens is 1. The summed E-state index contributed by atoms with van der Waals surface area (Å²) in [6.07, 6.45) is 2.76. The Morgan fingerprint density at radius 3 is 2.68 bits per heavy atom. The molecule has 1 heterocycles. The molecule has 0 aliphatic carbocycles. The van der Waals surface area contributed by atoms with Gasteiger partial charge in [-0.2, -0.15) is 5.10 Å². The van der Waals surface area contributed by atoms with Gasteiger partial charge < -0.3 is 10.4 Å². The smallest absolute Gasteiger partial charge is 0.331 e. The lowest BCUT2D eigenvalue weighted by Crippen LogP contribution is -2.35. The molecular weight excluding hydrogens is 289 g/mol. The summed E-state index contributed by atoms with van der Waals surface area (Å²) in [7, 11) is 0. The predicted octanol–water partition coefficient (Wildman–Crippen LogP) is 2.40. The van der Waals surface area contributed by atoms with Crippen molar-refractivity contribution in [3.63, 3.8) is 0 Å². The minimum Gasteiger partial charge on any atom is -0.479 e. The molecule has 0 aliphatic rings. The molecule has 0 radical (unpaired) electrons. The Kier molecular flexibility index (Phi) is 3.99. The van der Waals surface area contributed by atoms with Crippen LogP contribution in [-0.2, 0) is 10.3 Å². The molecule has 0 atom stereocenters. The minimum absolute atomic E-state index is 0.213. The van der Waals surface area contributed by atoms with Gasteiger partial charge >= 0.3 is 5.97 Å². The second-order valence-electron chi connectivity index (χ2n) is 5.40. The number of carbonyl (C=O) groups excluding carboxylic acids is 1. The fourth-order valence-electron chi connectivity index (χ4n) is 1.84. The maximum Gasteiger partial charge on any atom is 0.331 e. The maximum atomic E-state index is 13.5. The monoisotopic (exact) mass is 305 g/mol. The first-order valence-electron chi connectivity index (χ1n) is 6.58. The number of hydrogen-bond donors (Lipinski definition) is 2. The normalized spacial score (nSPS) is 11.3. The van der Waals surface area contributed by atoms with Crippen LogP contribution >= 0.6 is 0 Å². The van der Waals surface area contributed by atoms with Crippen LogP contribution in [-0.4, -0.2) is 26.8 Å². The number of aliphatic carboxylic acids is 1. The van der Waals surface area contributed by atoms with Crippen molar-refractivity contribution in [3.8, 4) is 0 Å². The van der Waals surface area contributed by atoms with Crippen LogP contribution in [0.2, 0.25) is 0 Å². The summed E-state index contributed by atoms with van der Waals surface area (Å²) in [5.41, 5.74) is -0.441. The fraction of sp³-hybridized carbons (Fsp3) is 0.267. The van der Waals surface area contributed by atoms with Crippen molar-refractivity contribution in [1.82, 2.24) is 9.78 Å². The van der Waals surface area contributed by atoms with Crippen molar-refractivity contribution in [2.75, 3.05) is 5.32 Å². The molecule has 1 aromatic carbocycles. The van der Waals surface area contributed by atoms with E-state index in [1.165, 1.54) is 56.0 Å². The summed E-state index contributed by atoms with van der Waals surface area (Å²) >= 11 is 0. The predicted molar refractivity (Wildman–Crippen MR) is 78.3 cm³/mol. The lowest BCUT2D eigenvalue weighted by Gasteiger charge is -2.19. The quantitative estimate of drug-likeness (QED) is 0.908. The summed E-state index contributed by atoms with van der Waals surface area (Å²) in [6.45, 7) is 4.50. The van der Waals surface area contributed by atoms with E-state index in [9.17, 15) is 14.0 Å². The van der Waals surface area contributed by atoms with E-state index in [4.69, 9.17) is 5.11 Å². The highest BCUT2D eigenvalue weighted by molar-refractivity contribution is 6.05. The number of aromatic nitrogens is 2. The lowest BCUT2D eigenvalue weighted by molar-refractivity contribution is -0.146. The minimum atomic E-state index is -1.24. The number of amides is 1. The van der Waals surface area contributed by atoms with Crippen LogP contribution in [0.15, 0.2) is 30.6 Å². The number of hydrogen-bond acceptors (Lipinski definition) is 3. The first-order chi connectivity index (χ1) is 10.2. The van der Waals surface area contributed by atoms with E-state index < -0.39 is 23.2 Å². The lowest BCUT2D eigenvalue weighted by atomic mass is 10.1. The van der Waals surface area contributed by atoms with Gasteiger partial charge in [-0.1, -0.05) is 6.07 Å². The van der Waals surface area contributed by atoms with Crippen LogP contribution < -0.4 is 5.32 Å². The molecule has 1 amide bonds. The Balaban J connectivity index is 2.22. The van der Waals surface area contributed by atoms with E-state index in [1.807, 2.05) is 0 Å². The van der Waals surface area contributed by atoms with Crippen LogP contribution in [0, 0.1) is 12.7 Å². The van der Waals surface area contributed by atoms with Gasteiger partial charge in [0.1, 0.15) is 5.82 Å². The van der Waals surface area contributed by atoms with E-state index in [1.54, 1.807) is 0 Å². The molecule has 1 aromatic heterocycles. The molecular formula is C15H16FN3O3. The van der Waals surface area contributed by atoms with Crippen molar-refractivity contribution < 1.29 is 19.1 Å². The molecule has 6 nitrogen and oxygen atoms in total. The van der Waals surface area contributed by atoms with E-state index in [-0.39, 0.29) is 11.1 Å². The topological polar surface area (TPSA) is 84.2 Å². The molecule has 0 saturated heterocycles. The molecule has 2 rings (SSSR count). The van der Waals surface area contributed by atoms with Crippen molar-refractivity contribution in [2.45, 2.75) is 26.3 Å². The molecule has 2 aromatic rings. The van der Waals surface area contributed by atoms with Gasteiger partial charge in [0.2, 0.25) is 0 Å². The zero-order chi connectivity index (χ0) is 16.5. The van der Waals surface area contributed by atoms with E-state index >= 15 is 0 Å². The Bertz CT molecular complexity index is 737. The number of benzene rings is 1. The van der Waals surface area contributed by atoms with Crippen molar-refractivity contribution >= 4 is 17.6 Å². The SMILES string of the molecule is Cc1c(F)cccc1C(=O)Nc1cnn(C(C)(C)C(=O)O)c1. The number of rotatable bonds is 4. The summed E-state index contributed by atoms with van der Waals surface area (Å²) in [4.78, 5) is 23.3. The van der Waals surface area contributed by atoms with E-state index in [0.29, 0.717) is 5.69 Å². The highest BCUT2D eigenvalue weighted by Crippen LogP contribution is 2.19. The third kappa shape index (κ3) is 2.83. The van der Waals surface area contributed by atoms with Crippen LogP contribution in [0.4, 0.5) is 10.1 Å². The second kappa shape index (κ2) is 5.59. The van der Waals surface area contributed by atoms with Crippen molar-refractivity contribution in [2.24, 2.45) is 0 Å². The molecule has 7 heteroatoms. The second-order valence-corrected chi connectivity index (χ2v) is 5.40. The molecule has 0 saturated carbocycles. The van der Waals surface area contributed by atoms with E-state index in [2.05, 4.69) is 10.4 Å². The largest absolute Gasteiger partial charge is 0.479 e. The summed E-state index contributed by atoms with van der Waals surface area (Å²) in [6, 6.07) is 4.24. The highest BCUT2D eigenvalue weighted by atomic mass is 19.1. The van der Waals surface area contributed by atoms with Gasteiger partial charge in [0.05, 0.1) is 11.9 Å². The molecule has 0 bridgehead atoms. The average molecular weight is 305 g/mol. The van der Waals surface area contributed by atoms with Gasteiger partial charge in [-0.25, -0.2) is 9.18 Å². The zero-order valence-corrected chi connectivity index (χ0v) is 12.4. The third-order valence-corrected chi connectivity index (χ3v) is 3.45. The number of carboxylic acid groups (broad SMARTS) is 1. The van der Waals surface area contributed by atoms with Gasteiger partial charge in [0.15, 0.2) is 5.54 Å². The summed E-state index contributed by atoms with van der Waals surface area (Å²) in [5.74, 6) is -1.99. The van der Waals surface area contributed by atoms with Gasteiger partial charge in [-0.15, -0.1) is 0 Å². The van der Waals surface area contributed by atoms with Crippen molar-refractivity contribution in [3.05, 3.63) is 47.5 Å². The third-order valence-electron chi connectivity index (χ3n) is 3.45. The standard InChI is InChI=1S/C15H16FN3O3/c1-9-11(5-4-6-12(9)16)13(20)18-10-7-17-19(8-10)15(2,3)14(21)22/h4-8H,1-3H3,(H,18,20)(H,21,22). The zero-order valence-electron chi connectivity index (χ0n) is 12.4. The van der Waals surface area contributed by atoms with Gasteiger partial charge in [-0.05, 0) is 38.5 Å². The Hall–Kier alpha value is -2.70. The van der Waals surface area contributed by atoms with Gasteiger partial charge in [0, 0.05) is 11.8 Å². The number of nitrogens with one attached hydrogen (secondary N) is 1. The first kappa shape index (κ1) is 15.7. The molecule has 2 N–H and O–H groups in total. The average Bonchev–Trinajstić information content (AvgIpc) is 2.90. The Morgan fingerprint density at radius 2 is 2.05 bits per heavy atom. The summed E-state index contributed by atoms with van der Waals surface area (Å²) < 4.78 is 14.7.